The second-order valence-corrected chi connectivity index (χ2v) is 4.88. The molecule has 0 aliphatic heterocycles. The van der Waals surface area contributed by atoms with Crippen LogP contribution in [0.1, 0.15) is 11.4 Å². The SMILES string of the molecule is Cc1cc(NO)cc(-c2c(C(F)(F)F)nc3ccc(F)cn23)n1. The summed E-state index contributed by atoms with van der Waals surface area (Å²) in [5.74, 6) is -0.710. The zero-order valence-electron chi connectivity index (χ0n) is 11.7. The molecular weight excluding hydrogens is 316 g/mol. The van der Waals surface area contributed by atoms with E-state index in [0.29, 0.717) is 5.69 Å². The number of nitrogens with zero attached hydrogens (tertiary/aromatic N) is 3. The summed E-state index contributed by atoms with van der Waals surface area (Å²) in [5.41, 5.74) is 0.673. The Kier molecular flexibility index (Phi) is 3.44. The van der Waals surface area contributed by atoms with Crippen molar-refractivity contribution in [3.05, 3.63) is 47.7 Å². The summed E-state index contributed by atoms with van der Waals surface area (Å²) < 4.78 is 54.3. The van der Waals surface area contributed by atoms with Crippen molar-refractivity contribution in [1.29, 1.82) is 0 Å². The van der Waals surface area contributed by atoms with Crippen molar-refractivity contribution in [2.75, 3.05) is 5.48 Å². The topological polar surface area (TPSA) is 62.5 Å². The number of hydrogen-bond acceptors (Lipinski definition) is 4. The number of pyridine rings is 2. The van der Waals surface area contributed by atoms with Gasteiger partial charge in [0, 0.05) is 11.9 Å². The van der Waals surface area contributed by atoms with Crippen LogP contribution in [0.25, 0.3) is 17.0 Å². The van der Waals surface area contributed by atoms with Crippen molar-refractivity contribution in [2.24, 2.45) is 0 Å². The maximum atomic E-state index is 13.5. The third kappa shape index (κ3) is 2.70. The minimum atomic E-state index is -4.74. The lowest BCUT2D eigenvalue weighted by Gasteiger charge is -2.10. The van der Waals surface area contributed by atoms with Gasteiger partial charge in [0.2, 0.25) is 0 Å². The van der Waals surface area contributed by atoms with E-state index in [-0.39, 0.29) is 17.0 Å². The Labute approximate surface area is 127 Å². The monoisotopic (exact) mass is 326 g/mol. The van der Waals surface area contributed by atoms with Gasteiger partial charge in [-0.3, -0.25) is 20.1 Å². The highest BCUT2D eigenvalue weighted by Gasteiger charge is 2.38. The van der Waals surface area contributed by atoms with Gasteiger partial charge in [0.1, 0.15) is 17.2 Å². The lowest BCUT2D eigenvalue weighted by molar-refractivity contribution is -0.140. The molecule has 0 radical (unpaired) electrons. The van der Waals surface area contributed by atoms with Gasteiger partial charge in [0.15, 0.2) is 5.69 Å². The average Bonchev–Trinajstić information content (AvgIpc) is 2.85. The highest BCUT2D eigenvalue weighted by atomic mass is 19.4. The van der Waals surface area contributed by atoms with Gasteiger partial charge in [-0.2, -0.15) is 13.2 Å². The molecule has 0 amide bonds. The summed E-state index contributed by atoms with van der Waals surface area (Å²) in [5, 5.41) is 8.99. The summed E-state index contributed by atoms with van der Waals surface area (Å²) in [7, 11) is 0. The molecule has 9 heteroatoms. The van der Waals surface area contributed by atoms with Gasteiger partial charge >= 0.3 is 6.18 Å². The quantitative estimate of drug-likeness (QED) is 0.557. The third-order valence-electron chi connectivity index (χ3n) is 3.18. The number of alkyl halides is 3. The van der Waals surface area contributed by atoms with Crippen LogP contribution in [0.3, 0.4) is 0 Å². The van der Waals surface area contributed by atoms with E-state index in [0.717, 1.165) is 22.7 Å². The molecule has 3 rings (SSSR count). The van der Waals surface area contributed by atoms with E-state index in [1.165, 1.54) is 12.1 Å². The van der Waals surface area contributed by atoms with Crippen LogP contribution in [0, 0.1) is 12.7 Å². The molecule has 3 aromatic heterocycles. The third-order valence-corrected chi connectivity index (χ3v) is 3.18. The zero-order valence-corrected chi connectivity index (χ0v) is 11.7. The molecule has 0 aliphatic rings. The molecule has 5 nitrogen and oxygen atoms in total. The lowest BCUT2D eigenvalue weighted by atomic mass is 10.2. The average molecular weight is 326 g/mol. The fourth-order valence-electron chi connectivity index (χ4n) is 2.32. The van der Waals surface area contributed by atoms with Crippen LogP contribution < -0.4 is 5.48 Å². The molecule has 23 heavy (non-hydrogen) atoms. The standard InChI is InChI=1S/C14H10F4N4O/c1-7-4-9(21-23)5-10(19-7)12-13(14(16,17)18)20-11-3-2-8(15)6-22(11)12/h2-6,23H,1H3,(H,19,21). The lowest BCUT2D eigenvalue weighted by Crippen LogP contribution is -2.09. The Bertz CT molecular complexity index is 888. The summed E-state index contributed by atoms with van der Waals surface area (Å²) in [6.07, 6.45) is -3.83. The predicted molar refractivity (Wildman–Crippen MR) is 73.5 cm³/mol. The van der Waals surface area contributed by atoms with Crippen LogP contribution in [0.4, 0.5) is 23.2 Å². The highest BCUT2D eigenvalue weighted by molar-refractivity contribution is 5.68. The van der Waals surface area contributed by atoms with Gasteiger partial charge < -0.3 is 0 Å². The van der Waals surface area contributed by atoms with E-state index in [1.54, 1.807) is 6.92 Å². The van der Waals surface area contributed by atoms with Gasteiger partial charge in [0.05, 0.1) is 11.4 Å². The normalized spacial score (nSPS) is 11.9. The van der Waals surface area contributed by atoms with Crippen LogP contribution in [-0.2, 0) is 6.18 Å². The van der Waals surface area contributed by atoms with Gasteiger partial charge in [-0.05, 0) is 31.2 Å². The number of anilines is 1. The van der Waals surface area contributed by atoms with E-state index in [9.17, 15) is 17.6 Å². The molecule has 0 spiro atoms. The number of fused-ring (bicyclic) bond motifs is 1. The second kappa shape index (κ2) is 5.20. The fraction of sp³-hybridized carbons (Fsp3) is 0.143. The Morgan fingerprint density at radius 3 is 2.57 bits per heavy atom. The van der Waals surface area contributed by atoms with Crippen LogP contribution in [0.15, 0.2) is 30.5 Å². The van der Waals surface area contributed by atoms with E-state index in [4.69, 9.17) is 5.21 Å². The van der Waals surface area contributed by atoms with Crippen molar-refractivity contribution in [3.8, 4) is 11.4 Å². The van der Waals surface area contributed by atoms with Crippen molar-refractivity contribution < 1.29 is 22.8 Å². The van der Waals surface area contributed by atoms with Gasteiger partial charge in [-0.15, -0.1) is 0 Å². The number of halogens is 4. The van der Waals surface area contributed by atoms with Gasteiger partial charge in [-0.1, -0.05) is 0 Å². The minimum Gasteiger partial charge on any atom is -0.295 e. The first-order valence-electron chi connectivity index (χ1n) is 6.43. The van der Waals surface area contributed by atoms with Crippen LogP contribution in [0.2, 0.25) is 0 Å². The molecule has 0 bridgehead atoms. The molecule has 0 unspecified atom stereocenters. The highest BCUT2D eigenvalue weighted by Crippen LogP contribution is 2.37. The fourth-order valence-corrected chi connectivity index (χ4v) is 2.32. The van der Waals surface area contributed by atoms with Crippen molar-refractivity contribution in [3.63, 3.8) is 0 Å². The van der Waals surface area contributed by atoms with Gasteiger partial charge in [0.25, 0.3) is 0 Å². The number of nitrogens with one attached hydrogen (secondary N) is 1. The number of rotatable bonds is 2. The zero-order chi connectivity index (χ0) is 16.8. The first kappa shape index (κ1) is 15.2. The van der Waals surface area contributed by atoms with Crippen molar-refractivity contribution in [1.82, 2.24) is 14.4 Å². The number of hydrogen-bond donors (Lipinski definition) is 2. The summed E-state index contributed by atoms with van der Waals surface area (Å²) in [6, 6.07) is 4.84. The largest absolute Gasteiger partial charge is 0.435 e. The van der Waals surface area contributed by atoms with Crippen molar-refractivity contribution >= 4 is 11.3 Å². The predicted octanol–water partition coefficient (Wildman–Crippen LogP) is 3.66. The maximum Gasteiger partial charge on any atom is 0.435 e. The molecule has 0 saturated carbocycles. The van der Waals surface area contributed by atoms with E-state index in [1.807, 2.05) is 5.48 Å². The van der Waals surface area contributed by atoms with Crippen LogP contribution >= 0.6 is 0 Å². The second-order valence-electron chi connectivity index (χ2n) is 4.88. The molecule has 2 N–H and O–H groups in total. The first-order chi connectivity index (χ1) is 10.8. The van der Waals surface area contributed by atoms with E-state index >= 15 is 0 Å². The summed E-state index contributed by atoms with van der Waals surface area (Å²) in [4.78, 5) is 7.58. The smallest absolute Gasteiger partial charge is 0.295 e. The van der Waals surface area contributed by atoms with E-state index in [2.05, 4.69) is 9.97 Å². The molecule has 120 valence electrons. The maximum absolute atomic E-state index is 13.5. The number of aromatic nitrogens is 3. The first-order valence-corrected chi connectivity index (χ1v) is 6.43. The van der Waals surface area contributed by atoms with Crippen LogP contribution in [-0.4, -0.2) is 19.6 Å². The molecule has 0 fully saturated rings. The molecule has 0 saturated heterocycles. The Hall–Kier alpha value is -2.68. The van der Waals surface area contributed by atoms with Gasteiger partial charge in [-0.25, -0.2) is 9.37 Å². The number of aryl methyl sites for hydroxylation is 1. The Balaban J connectivity index is 2.38. The molecule has 0 aromatic carbocycles. The minimum absolute atomic E-state index is 0.0597. The Morgan fingerprint density at radius 2 is 1.91 bits per heavy atom. The molecule has 0 atom stereocenters. The number of imidazole rings is 1. The Morgan fingerprint density at radius 1 is 1.17 bits per heavy atom. The summed E-state index contributed by atoms with van der Waals surface area (Å²) in [6.45, 7) is 1.56. The summed E-state index contributed by atoms with van der Waals surface area (Å²) >= 11 is 0. The molecule has 0 aliphatic carbocycles. The van der Waals surface area contributed by atoms with Crippen molar-refractivity contribution in [2.45, 2.75) is 13.1 Å². The van der Waals surface area contributed by atoms with E-state index < -0.39 is 23.4 Å². The molecule has 3 heterocycles. The van der Waals surface area contributed by atoms with Crippen LogP contribution in [0.5, 0.6) is 0 Å². The molecular formula is C14H10F4N4O. The molecule has 3 aromatic rings.